The third-order valence-corrected chi connectivity index (χ3v) is 6.26. The van der Waals surface area contributed by atoms with Gasteiger partial charge in [-0.05, 0) is 60.2 Å². The van der Waals surface area contributed by atoms with Gasteiger partial charge in [-0.25, -0.2) is 5.01 Å². The molecule has 34 heavy (non-hydrogen) atoms. The molecule has 0 aliphatic carbocycles. The lowest BCUT2D eigenvalue weighted by Gasteiger charge is -2.32. The Morgan fingerprint density at radius 2 is 1.79 bits per heavy atom. The molecule has 0 unspecified atom stereocenters. The molecular weight excluding hydrogens is 447 g/mol. The minimum Gasteiger partial charge on any atom is -0.493 e. The normalized spacial score (nSPS) is 15.5. The van der Waals surface area contributed by atoms with Crippen LogP contribution < -0.4 is 14.9 Å². The van der Waals surface area contributed by atoms with Crippen LogP contribution in [0.4, 0.5) is 13.2 Å². The Morgan fingerprint density at radius 3 is 2.41 bits per heavy atom. The summed E-state index contributed by atoms with van der Waals surface area (Å²) in [4.78, 5) is 14.5. The number of methoxy groups -OCH3 is 2. The maximum absolute atomic E-state index is 13.6. The molecule has 6 nitrogen and oxygen atoms in total. The third-order valence-electron chi connectivity index (χ3n) is 6.26. The highest BCUT2D eigenvalue weighted by molar-refractivity contribution is 5.91. The van der Waals surface area contributed by atoms with Crippen LogP contribution in [0.2, 0.25) is 0 Å². The van der Waals surface area contributed by atoms with Crippen LogP contribution >= 0.6 is 0 Å². The summed E-state index contributed by atoms with van der Waals surface area (Å²) >= 11 is 0. The average molecular weight is 476 g/mol. The van der Waals surface area contributed by atoms with Crippen LogP contribution in [-0.4, -0.2) is 49.4 Å². The number of piperidine rings is 1. The quantitative estimate of drug-likeness (QED) is 0.515. The highest BCUT2D eigenvalue weighted by atomic mass is 19.4. The molecule has 2 aromatic carbocycles. The number of alkyl halides is 3. The van der Waals surface area contributed by atoms with Crippen molar-refractivity contribution in [2.45, 2.75) is 38.3 Å². The zero-order valence-electron chi connectivity index (χ0n) is 19.4. The molecule has 1 aliphatic rings. The van der Waals surface area contributed by atoms with Crippen molar-refractivity contribution in [3.05, 3.63) is 47.5 Å². The monoisotopic (exact) mass is 475 g/mol. The van der Waals surface area contributed by atoms with Gasteiger partial charge in [0.15, 0.2) is 11.5 Å². The van der Waals surface area contributed by atoms with Crippen molar-refractivity contribution < 1.29 is 27.4 Å². The Hall–Kier alpha value is -3.20. The van der Waals surface area contributed by atoms with Crippen molar-refractivity contribution in [2.24, 2.45) is 0 Å². The van der Waals surface area contributed by atoms with Crippen LogP contribution in [0.25, 0.3) is 22.2 Å². The lowest BCUT2D eigenvalue weighted by Crippen LogP contribution is -2.45. The Morgan fingerprint density at radius 1 is 1.09 bits per heavy atom. The predicted molar refractivity (Wildman–Crippen MR) is 124 cm³/mol. The molecule has 0 atom stereocenters. The second-order valence-corrected chi connectivity index (χ2v) is 8.57. The Balaban J connectivity index is 1.72. The van der Waals surface area contributed by atoms with Crippen LogP contribution in [0.1, 0.15) is 36.8 Å². The van der Waals surface area contributed by atoms with E-state index in [4.69, 9.17) is 9.47 Å². The van der Waals surface area contributed by atoms with E-state index in [1.54, 1.807) is 18.2 Å². The van der Waals surface area contributed by atoms with Crippen LogP contribution in [0.5, 0.6) is 11.5 Å². The van der Waals surface area contributed by atoms with Crippen molar-refractivity contribution in [3.63, 3.8) is 0 Å². The molecule has 0 saturated carbocycles. The maximum atomic E-state index is 13.6. The minimum atomic E-state index is -4.36. The number of amides is 1. The second kappa shape index (κ2) is 9.58. The molecule has 1 aliphatic heterocycles. The van der Waals surface area contributed by atoms with Gasteiger partial charge in [0.05, 0.1) is 26.3 Å². The van der Waals surface area contributed by atoms with E-state index >= 15 is 0 Å². The van der Waals surface area contributed by atoms with Crippen molar-refractivity contribution in [2.75, 3.05) is 27.3 Å². The number of H-pyrrole nitrogens is 1. The van der Waals surface area contributed by atoms with Gasteiger partial charge in [0.25, 0.3) is 0 Å². The molecule has 1 amide bonds. The van der Waals surface area contributed by atoms with Gasteiger partial charge >= 0.3 is 6.18 Å². The molecule has 0 bridgehead atoms. The number of aromatic nitrogens is 1. The van der Waals surface area contributed by atoms with Gasteiger partial charge in [0, 0.05) is 36.5 Å². The number of ether oxygens (including phenoxy) is 2. The van der Waals surface area contributed by atoms with E-state index in [0.717, 1.165) is 18.4 Å². The largest absolute Gasteiger partial charge is 0.493 e. The predicted octanol–water partition coefficient (Wildman–Crippen LogP) is 5.19. The summed E-state index contributed by atoms with van der Waals surface area (Å²) in [6.07, 6.45) is -3.78. The van der Waals surface area contributed by atoms with Gasteiger partial charge in [-0.2, -0.15) is 13.2 Å². The van der Waals surface area contributed by atoms with E-state index in [0.29, 0.717) is 46.7 Å². The molecule has 0 radical (unpaired) electrons. The van der Waals surface area contributed by atoms with Crippen LogP contribution in [0.15, 0.2) is 36.4 Å². The number of benzene rings is 2. The molecule has 2 heterocycles. The first-order valence-electron chi connectivity index (χ1n) is 11.1. The Bertz CT molecular complexity index is 1180. The molecule has 4 rings (SSSR count). The molecule has 182 valence electrons. The van der Waals surface area contributed by atoms with Gasteiger partial charge in [0.2, 0.25) is 5.91 Å². The van der Waals surface area contributed by atoms with Crippen molar-refractivity contribution >= 4 is 16.8 Å². The topological polar surface area (TPSA) is 66.6 Å². The van der Waals surface area contributed by atoms with E-state index in [9.17, 15) is 18.0 Å². The Kier molecular flexibility index (Phi) is 6.74. The van der Waals surface area contributed by atoms with Gasteiger partial charge in [0.1, 0.15) is 0 Å². The molecular formula is C25H28F3N3O3. The average Bonchev–Trinajstić information content (AvgIpc) is 3.14. The zero-order chi connectivity index (χ0) is 24.5. The first-order chi connectivity index (χ1) is 16.2. The number of carbonyl (C=O) groups excluding carboxylic acids is 1. The number of fused-ring (bicyclic) bond motifs is 1. The molecule has 1 fully saturated rings. The maximum Gasteiger partial charge on any atom is 0.393 e. The van der Waals surface area contributed by atoms with Crippen molar-refractivity contribution in [3.8, 4) is 22.8 Å². The zero-order valence-corrected chi connectivity index (χ0v) is 19.4. The minimum absolute atomic E-state index is 0.105. The SMILES string of the molecule is COc1ccc(-c2[nH]c3ccc(C4CCN(NC(C)=O)CC4)cc3c2CC(F)(F)F)cc1OC. The van der Waals surface area contributed by atoms with E-state index in [-0.39, 0.29) is 17.4 Å². The summed E-state index contributed by atoms with van der Waals surface area (Å²) < 4.78 is 51.5. The van der Waals surface area contributed by atoms with Crippen molar-refractivity contribution in [1.82, 2.24) is 15.4 Å². The lowest BCUT2D eigenvalue weighted by molar-refractivity contribution is -0.127. The van der Waals surface area contributed by atoms with Gasteiger partial charge in [-0.15, -0.1) is 0 Å². The number of hydrogen-bond donors (Lipinski definition) is 2. The number of halogens is 3. The molecule has 1 saturated heterocycles. The van der Waals surface area contributed by atoms with Crippen LogP contribution in [0, 0.1) is 0 Å². The third kappa shape index (κ3) is 5.14. The van der Waals surface area contributed by atoms with Crippen LogP contribution in [0.3, 0.4) is 0 Å². The van der Waals surface area contributed by atoms with Crippen molar-refractivity contribution in [1.29, 1.82) is 0 Å². The van der Waals surface area contributed by atoms with E-state index in [2.05, 4.69) is 10.4 Å². The van der Waals surface area contributed by atoms with E-state index in [1.165, 1.54) is 21.1 Å². The number of carbonyl (C=O) groups is 1. The van der Waals surface area contributed by atoms with Gasteiger partial charge < -0.3 is 14.5 Å². The summed E-state index contributed by atoms with van der Waals surface area (Å²) in [5, 5.41) is 2.46. The van der Waals surface area contributed by atoms with Crippen LogP contribution in [-0.2, 0) is 11.2 Å². The highest BCUT2D eigenvalue weighted by Crippen LogP contribution is 2.40. The number of aromatic amines is 1. The second-order valence-electron chi connectivity index (χ2n) is 8.57. The number of rotatable bonds is 6. The fourth-order valence-electron chi connectivity index (χ4n) is 4.69. The lowest BCUT2D eigenvalue weighted by atomic mass is 9.88. The summed E-state index contributed by atoms with van der Waals surface area (Å²) in [6, 6.07) is 10.8. The Labute approximate surface area is 196 Å². The molecule has 0 spiro atoms. The molecule has 1 aromatic heterocycles. The fraction of sp³-hybridized carbons (Fsp3) is 0.400. The van der Waals surface area contributed by atoms with Gasteiger partial charge in [-0.3, -0.25) is 10.2 Å². The molecule has 9 heteroatoms. The summed E-state index contributed by atoms with van der Waals surface area (Å²) in [5.41, 5.74) is 5.70. The fourth-order valence-corrected chi connectivity index (χ4v) is 4.69. The van der Waals surface area contributed by atoms with E-state index in [1.807, 2.05) is 23.2 Å². The first-order valence-corrected chi connectivity index (χ1v) is 11.1. The summed E-state index contributed by atoms with van der Waals surface area (Å²) in [6.45, 7) is 2.87. The highest BCUT2D eigenvalue weighted by Gasteiger charge is 2.32. The number of nitrogens with one attached hydrogen (secondary N) is 2. The molecule has 3 aromatic rings. The number of hydrogen-bond acceptors (Lipinski definition) is 4. The summed E-state index contributed by atoms with van der Waals surface area (Å²) in [5.74, 6) is 1.06. The number of nitrogens with zero attached hydrogens (tertiary/aromatic N) is 1. The molecule has 2 N–H and O–H groups in total. The smallest absolute Gasteiger partial charge is 0.393 e. The van der Waals surface area contributed by atoms with E-state index < -0.39 is 12.6 Å². The number of hydrazine groups is 1. The summed E-state index contributed by atoms with van der Waals surface area (Å²) in [7, 11) is 3.00. The standard InChI is InChI=1S/C25H28F3N3O3/c1-15(32)30-31-10-8-16(9-11-31)17-4-6-21-19(12-17)20(14-25(26,27)28)24(29-21)18-5-7-22(33-2)23(13-18)34-3/h4-7,12-13,16,29H,8-11,14H2,1-3H3,(H,30,32). The van der Waals surface area contributed by atoms with Gasteiger partial charge in [-0.1, -0.05) is 6.07 Å². The first kappa shape index (κ1) is 23.9.